The van der Waals surface area contributed by atoms with Gasteiger partial charge in [-0.25, -0.2) is 0 Å². The lowest BCUT2D eigenvalue weighted by atomic mass is 9.98. The van der Waals surface area contributed by atoms with Crippen molar-refractivity contribution in [2.45, 2.75) is 43.3 Å². The van der Waals surface area contributed by atoms with Gasteiger partial charge in [-0.2, -0.15) is 0 Å². The standard InChI is InChI=1S/C9H19NO5/c11-3-1-2-5-7(13)9(15)8(14)6(12)4-10-5/h5-15H,1-4H2/t5-,6+,7-,8-,9-/m1/s1. The van der Waals surface area contributed by atoms with Crippen LogP contribution >= 0.6 is 0 Å². The average molecular weight is 221 g/mol. The van der Waals surface area contributed by atoms with E-state index in [1.54, 1.807) is 0 Å². The number of rotatable bonds is 3. The molecule has 6 heteroatoms. The second-order valence-electron chi connectivity index (χ2n) is 3.92. The molecule has 0 radical (unpaired) electrons. The van der Waals surface area contributed by atoms with Gasteiger partial charge >= 0.3 is 0 Å². The minimum absolute atomic E-state index is 0.00605. The van der Waals surface area contributed by atoms with Crippen LogP contribution in [0.3, 0.4) is 0 Å². The molecule has 5 atom stereocenters. The summed E-state index contributed by atoms with van der Waals surface area (Å²) in [7, 11) is 0. The summed E-state index contributed by atoms with van der Waals surface area (Å²) in [6.07, 6.45) is -3.95. The van der Waals surface area contributed by atoms with E-state index in [-0.39, 0.29) is 13.2 Å². The Morgan fingerprint density at radius 2 is 1.67 bits per heavy atom. The van der Waals surface area contributed by atoms with Gasteiger partial charge < -0.3 is 30.8 Å². The van der Waals surface area contributed by atoms with Crippen LogP contribution in [0.2, 0.25) is 0 Å². The minimum Gasteiger partial charge on any atom is -0.396 e. The molecular weight excluding hydrogens is 202 g/mol. The van der Waals surface area contributed by atoms with Crippen molar-refractivity contribution < 1.29 is 25.5 Å². The molecule has 0 aliphatic carbocycles. The highest BCUT2D eigenvalue weighted by Crippen LogP contribution is 2.15. The monoisotopic (exact) mass is 221 g/mol. The summed E-state index contributed by atoms with van der Waals surface area (Å²) in [6, 6.07) is -0.418. The van der Waals surface area contributed by atoms with Crippen LogP contribution in [0.1, 0.15) is 12.8 Å². The second-order valence-corrected chi connectivity index (χ2v) is 3.92. The van der Waals surface area contributed by atoms with E-state index in [1.807, 2.05) is 0 Å². The molecule has 1 fully saturated rings. The maximum atomic E-state index is 9.67. The Morgan fingerprint density at radius 1 is 1.00 bits per heavy atom. The lowest BCUT2D eigenvalue weighted by molar-refractivity contribution is -0.0961. The molecule has 0 bridgehead atoms. The summed E-state index contributed by atoms with van der Waals surface area (Å²) in [5, 5.41) is 49.4. The van der Waals surface area contributed by atoms with Crippen LogP contribution in [0.4, 0.5) is 0 Å². The fourth-order valence-electron chi connectivity index (χ4n) is 1.77. The Morgan fingerprint density at radius 3 is 2.27 bits per heavy atom. The van der Waals surface area contributed by atoms with E-state index in [4.69, 9.17) is 5.11 Å². The van der Waals surface area contributed by atoms with Gasteiger partial charge in [0, 0.05) is 19.2 Å². The van der Waals surface area contributed by atoms with Crippen molar-refractivity contribution in [2.24, 2.45) is 0 Å². The van der Waals surface area contributed by atoms with Crippen LogP contribution in [0.25, 0.3) is 0 Å². The van der Waals surface area contributed by atoms with Crippen LogP contribution in [0.5, 0.6) is 0 Å². The Hall–Kier alpha value is -0.240. The van der Waals surface area contributed by atoms with Gasteiger partial charge in [0.05, 0.1) is 12.2 Å². The first-order valence-corrected chi connectivity index (χ1v) is 5.14. The third-order valence-corrected chi connectivity index (χ3v) is 2.77. The zero-order chi connectivity index (χ0) is 11.4. The molecule has 1 aliphatic heterocycles. The molecule has 0 aromatic rings. The van der Waals surface area contributed by atoms with Gasteiger partial charge in [0.15, 0.2) is 0 Å². The first kappa shape index (κ1) is 12.8. The molecule has 15 heavy (non-hydrogen) atoms. The Labute approximate surface area is 88.2 Å². The molecule has 6 nitrogen and oxygen atoms in total. The van der Waals surface area contributed by atoms with Gasteiger partial charge in [0.1, 0.15) is 12.2 Å². The molecule has 1 aliphatic rings. The van der Waals surface area contributed by atoms with Crippen molar-refractivity contribution in [1.82, 2.24) is 5.32 Å². The number of hydrogen-bond acceptors (Lipinski definition) is 6. The van der Waals surface area contributed by atoms with Gasteiger partial charge in [0.25, 0.3) is 0 Å². The summed E-state index contributed by atoms with van der Waals surface area (Å²) in [6.45, 7) is 0.123. The molecule has 1 heterocycles. The smallest absolute Gasteiger partial charge is 0.110 e. The molecule has 90 valence electrons. The van der Waals surface area contributed by atoms with Gasteiger partial charge in [-0.15, -0.1) is 0 Å². The molecule has 1 rings (SSSR count). The van der Waals surface area contributed by atoms with Gasteiger partial charge in [0.2, 0.25) is 0 Å². The first-order chi connectivity index (χ1) is 7.07. The highest BCUT2D eigenvalue weighted by molar-refractivity contribution is 4.93. The molecule has 0 aromatic heterocycles. The van der Waals surface area contributed by atoms with Crippen LogP contribution < -0.4 is 5.32 Å². The number of hydrogen-bond donors (Lipinski definition) is 6. The second kappa shape index (κ2) is 5.74. The van der Waals surface area contributed by atoms with Crippen LogP contribution in [-0.4, -0.2) is 69.1 Å². The molecule has 6 N–H and O–H groups in total. The SMILES string of the molecule is OCCC[C@H]1NC[C@H](O)[C@@H](O)[C@H](O)[C@@H]1O. The maximum absolute atomic E-state index is 9.67. The summed E-state index contributed by atoms with van der Waals surface area (Å²) >= 11 is 0. The molecule has 0 aromatic carbocycles. The first-order valence-electron chi connectivity index (χ1n) is 5.14. The normalized spacial score (nSPS) is 42.6. The topological polar surface area (TPSA) is 113 Å². The Balaban J connectivity index is 2.59. The van der Waals surface area contributed by atoms with Crippen LogP contribution in [-0.2, 0) is 0 Å². The lowest BCUT2D eigenvalue weighted by Crippen LogP contribution is -2.47. The van der Waals surface area contributed by atoms with Gasteiger partial charge in [-0.1, -0.05) is 0 Å². The fourth-order valence-corrected chi connectivity index (χ4v) is 1.77. The molecule has 1 saturated heterocycles. The van der Waals surface area contributed by atoms with E-state index in [0.717, 1.165) is 0 Å². The maximum Gasteiger partial charge on any atom is 0.110 e. The zero-order valence-corrected chi connectivity index (χ0v) is 8.45. The summed E-state index contributed by atoms with van der Waals surface area (Å²) in [4.78, 5) is 0. The Kier molecular flexibility index (Phi) is 4.91. The van der Waals surface area contributed by atoms with Gasteiger partial charge in [-0.3, -0.25) is 0 Å². The zero-order valence-electron chi connectivity index (χ0n) is 8.45. The lowest BCUT2D eigenvalue weighted by Gasteiger charge is -2.25. The van der Waals surface area contributed by atoms with Crippen LogP contribution in [0.15, 0.2) is 0 Å². The fraction of sp³-hybridized carbons (Fsp3) is 1.00. The van der Waals surface area contributed by atoms with Gasteiger partial charge in [-0.05, 0) is 12.8 Å². The number of aliphatic hydroxyl groups is 5. The largest absolute Gasteiger partial charge is 0.396 e. The predicted molar refractivity (Wildman–Crippen MR) is 52.1 cm³/mol. The number of nitrogens with one attached hydrogen (secondary N) is 1. The highest BCUT2D eigenvalue weighted by Gasteiger charge is 2.37. The summed E-state index contributed by atoms with van der Waals surface area (Å²) < 4.78 is 0. The number of aliphatic hydroxyl groups excluding tert-OH is 5. The summed E-state index contributed by atoms with van der Waals surface area (Å²) in [5.74, 6) is 0. The van der Waals surface area contributed by atoms with Crippen molar-refractivity contribution in [3.63, 3.8) is 0 Å². The molecular formula is C9H19NO5. The molecule has 0 amide bonds. The van der Waals surface area contributed by atoms with Crippen molar-refractivity contribution in [1.29, 1.82) is 0 Å². The van der Waals surface area contributed by atoms with Crippen molar-refractivity contribution in [3.8, 4) is 0 Å². The van der Waals surface area contributed by atoms with E-state index in [9.17, 15) is 20.4 Å². The van der Waals surface area contributed by atoms with E-state index in [1.165, 1.54) is 0 Å². The molecule has 0 unspecified atom stereocenters. The van der Waals surface area contributed by atoms with E-state index < -0.39 is 30.5 Å². The van der Waals surface area contributed by atoms with Crippen molar-refractivity contribution >= 4 is 0 Å². The van der Waals surface area contributed by atoms with Crippen LogP contribution in [0, 0.1) is 0 Å². The van der Waals surface area contributed by atoms with Crippen molar-refractivity contribution in [3.05, 3.63) is 0 Å². The number of β-amino-alcohol motifs (C(OH)–C–C–N with tert-alkyl or cyclic N) is 1. The third-order valence-electron chi connectivity index (χ3n) is 2.77. The molecule has 0 spiro atoms. The quantitative estimate of drug-likeness (QED) is 0.306. The van der Waals surface area contributed by atoms with E-state index in [0.29, 0.717) is 12.8 Å². The average Bonchev–Trinajstić information content (AvgIpc) is 2.32. The van der Waals surface area contributed by atoms with Crippen molar-refractivity contribution in [2.75, 3.05) is 13.2 Å². The minimum atomic E-state index is -1.36. The summed E-state index contributed by atoms with van der Waals surface area (Å²) in [5.41, 5.74) is 0. The highest BCUT2D eigenvalue weighted by atomic mass is 16.4. The molecule has 0 saturated carbocycles. The van der Waals surface area contributed by atoms with E-state index in [2.05, 4.69) is 5.32 Å². The predicted octanol–water partition coefficient (Wildman–Crippen LogP) is -2.83. The van der Waals surface area contributed by atoms with E-state index >= 15 is 0 Å². The third kappa shape index (κ3) is 3.10. The Bertz CT molecular complexity index is 191.